The molecule has 5 rings (SSSR count). The largest absolute Gasteiger partial charge is 0.481 e. The highest BCUT2D eigenvalue weighted by atomic mass is 16.5. The molecule has 0 radical (unpaired) electrons. The monoisotopic (exact) mass is 464 g/mol. The van der Waals surface area contributed by atoms with Crippen LogP contribution < -0.4 is 5.32 Å². The van der Waals surface area contributed by atoms with Crippen molar-refractivity contribution >= 4 is 18.0 Å². The van der Waals surface area contributed by atoms with Crippen molar-refractivity contribution in [2.75, 3.05) is 32.9 Å². The summed E-state index contributed by atoms with van der Waals surface area (Å²) < 4.78 is 11.0. The van der Waals surface area contributed by atoms with Crippen molar-refractivity contribution in [1.29, 1.82) is 0 Å². The number of rotatable bonds is 5. The van der Waals surface area contributed by atoms with Crippen molar-refractivity contribution in [2.45, 2.75) is 25.3 Å². The maximum atomic E-state index is 13.0. The number of carbonyl (C=O) groups excluding carboxylic acids is 2. The second kappa shape index (κ2) is 8.76. The molecule has 0 aromatic heterocycles. The number of carboxylic acid groups (broad SMARTS) is 1. The van der Waals surface area contributed by atoms with Crippen LogP contribution in [-0.2, 0) is 19.1 Å². The van der Waals surface area contributed by atoms with E-state index in [0.29, 0.717) is 26.2 Å². The summed E-state index contributed by atoms with van der Waals surface area (Å²) in [5.41, 5.74) is 3.53. The number of benzene rings is 2. The predicted molar refractivity (Wildman–Crippen MR) is 123 cm³/mol. The summed E-state index contributed by atoms with van der Waals surface area (Å²) in [5, 5.41) is 12.4. The van der Waals surface area contributed by atoms with Gasteiger partial charge in [-0.25, -0.2) is 4.79 Å². The number of alkyl carbamates (subject to hydrolysis) is 1. The normalized spacial score (nSPS) is 24.0. The number of hydrogen-bond donors (Lipinski definition) is 2. The zero-order chi connectivity index (χ0) is 23.9. The van der Waals surface area contributed by atoms with Gasteiger partial charge in [-0.05, 0) is 35.6 Å². The van der Waals surface area contributed by atoms with E-state index in [1.54, 1.807) is 6.92 Å². The van der Waals surface area contributed by atoms with Crippen molar-refractivity contribution in [2.24, 2.45) is 11.3 Å². The van der Waals surface area contributed by atoms with Gasteiger partial charge in [-0.15, -0.1) is 0 Å². The minimum atomic E-state index is -0.975. The Labute approximate surface area is 197 Å². The minimum Gasteiger partial charge on any atom is -0.481 e. The van der Waals surface area contributed by atoms with Crippen molar-refractivity contribution < 1.29 is 29.0 Å². The summed E-state index contributed by atoms with van der Waals surface area (Å²) >= 11 is 0. The fourth-order valence-electron chi connectivity index (χ4n) is 5.62. The molecule has 0 spiro atoms. The van der Waals surface area contributed by atoms with Crippen molar-refractivity contribution in [3.8, 4) is 11.1 Å². The number of likely N-dealkylation sites (tertiary alicyclic amines) is 1. The lowest BCUT2D eigenvalue weighted by Crippen LogP contribution is -2.48. The molecule has 0 bridgehead atoms. The molecule has 2 aromatic rings. The summed E-state index contributed by atoms with van der Waals surface area (Å²) in [7, 11) is 0. The zero-order valence-electron chi connectivity index (χ0n) is 19.0. The van der Waals surface area contributed by atoms with Gasteiger partial charge in [0.15, 0.2) is 0 Å². The van der Waals surface area contributed by atoms with Crippen LogP contribution in [0.1, 0.15) is 30.4 Å². The highest BCUT2D eigenvalue weighted by molar-refractivity contribution is 5.87. The van der Waals surface area contributed by atoms with Crippen LogP contribution in [0.25, 0.3) is 11.1 Å². The first-order valence-corrected chi connectivity index (χ1v) is 11.6. The summed E-state index contributed by atoms with van der Waals surface area (Å²) in [4.78, 5) is 39.1. The summed E-state index contributed by atoms with van der Waals surface area (Å²) in [5.74, 6) is -1.53. The number of aliphatic carboxylic acids is 1. The van der Waals surface area contributed by atoms with Crippen LogP contribution in [0, 0.1) is 11.3 Å². The number of hydrogen-bond acceptors (Lipinski definition) is 5. The molecule has 8 nitrogen and oxygen atoms in total. The average Bonchev–Trinajstić information content (AvgIpc) is 3.39. The first kappa shape index (κ1) is 22.4. The molecule has 0 saturated carbocycles. The molecule has 2 fully saturated rings. The van der Waals surface area contributed by atoms with Crippen LogP contribution >= 0.6 is 0 Å². The molecule has 2 saturated heterocycles. The second-order valence-electron chi connectivity index (χ2n) is 9.39. The number of ether oxygens (including phenoxy) is 2. The van der Waals surface area contributed by atoms with E-state index in [-0.39, 0.29) is 30.9 Å². The van der Waals surface area contributed by atoms with Crippen LogP contribution in [-0.4, -0.2) is 66.9 Å². The molecular weight excluding hydrogens is 436 g/mol. The number of carboxylic acids is 1. The molecule has 1 aliphatic carbocycles. The van der Waals surface area contributed by atoms with Gasteiger partial charge < -0.3 is 24.8 Å². The van der Waals surface area contributed by atoms with Gasteiger partial charge in [0.25, 0.3) is 0 Å². The first-order chi connectivity index (χ1) is 16.4. The predicted octanol–water partition coefficient (Wildman–Crippen LogP) is 2.86. The van der Waals surface area contributed by atoms with Gasteiger partial charge in [-0.1, -0.05) is 48.5 Å². The number of nitrogens with one attached hydrogen (secondary N) is 1. The van der Waals surface area contributed by atoms with E-state index >= 15 is 0 Å². The second-order valence-corrected chi connectivity index (χ2v) is 9.39. The van der Waals surface area contributed by atoms with Crippen LogP contribution in [0.5, 0.6) is 0 Å². The lowest BCUT2D eigenvalue weighted by atomic mass is 9.74. The van der Waals surface area contributed by atoms with E-state index in [0.717, 1.165) is 22.3 Å². The Bertz CT molecular complexity index is 1090. The van der Waals surface area contributed by atoms with E-state index in [1.165, 1.54) is 4.90 Å². The fourth-order valence-corrected chi connectivity index (χ4v) is 5.62. The molecule has 1 unspecified atom stereocenters. The molecule has 2 aliphatic heterocycles. The maximum Gasteiger partial charge on any atom is 0.407 e. The van der Waals surface area contributed by atoms with Gasteiger partial charge in [0.05, 0.1) is 12.0 Å². The molecule has 2 N–H and O–H groups in total. The number of amides is 2. The number of nitrogens with zero attached hydrogens (tertiary/aromatic N) is 1. The van der Waals surface area contributed by atoms with Gasteiger partial charge in [0.2, 0.25) is 5.91 Å². The Kier molecular flexibility index (Phi) is 5.77. The Balaban J connectivity index is 1.20. The SMILES string of the molecule is CC(NC(=O)OCC1c2ccccc2-c2ccccc21)C(=O)N1C[C@@H]2COCC[C@]2(C(=O)O)C1. The third-order valence-corrected chi connectivity index (χ3v) is 7.49. The van der Waals surface area contributed by atoms with Gasteiger partial charge >= 0.3 is 12.1 Å². The third-order valence-electron chi connectivity index (χ3n) is 7.49. The highest BCUT2D eigenvalue weighted by Gasteiger charge is 2.55. The third kappa shape index (κ3) is 3.72. The van der Waals surface area contributed by atoms with E-state index in [9.17, 15) is 19.5 Å². The van der Waals surface area contributed by atoms with Crippen LogP contribution in [0.2, 0.25) is 0 Å². The minimum absolute atomic E-state index is 0.0683. The quantitative estimate of drug-likeness (QED) is 0.705. The molecule has 2 aromatic carbocycles. The molecule has 178 valence electrons. The van der Waals surface area contributed by atoms with Gasteiger partial charge in [-0.2, -0.15) is 0 Å². The van der Waals surface area contributed by atoms with Gasteiger partial charge in [0, 0.05) is 31.5 Å². The van der Waals surface area contributed by atoms with Crippen molar-refractivity contribution in [1.82, 2.24) is 10.2 Å². The van der Waals surface area contributed by atoms with Crippen LogP contribution in [0.4, 0.5) is 4.79 Å². The average molecular weight is 465 g/mol. The topological polar surface area (TPSA) is 105 Å². The summed E-state index contributed by atoms with van der Waals surface area (Å²) in [6, 6.07) is 15.3. The maximum absolute atomic E-state index is 13.0. The lowest BCUT2D eigenvalue weighted by molar-refractivity contribution is -0.157. The molecular formula is C26H28N2O6. The Morgan fingerprint density at radius 2 is 1.79 bits per heavy atom. The van der Waals surface area contributed by atoms with Crippen LogP contribution in [0.3, 0.4) is 0 Å². The number of carbonyl (C=O) groups is 3. The molecule has 2 heterocycles. The van der Waals surface area contributed by atoms with Crippen molar-refractivity contribution in [3.05, 3.63) is 59.7 Å². The molecule has 34 heavy (non-hydrogen) atoms. The van der Waals surface area contributed by atoms with E-state index < -0.39 is 23.5 Å². The van der Waals surface area contributed by atoms with Gasteiger partial charge in [-0.3, -0.25) is 9.59 Å². The van der Waals surface area contributed by atoms with E-state index in [2.05, 4.69) is 17.4 Å². The standard InChI is InChI=1S/C26H28N2O6/c1-16(23(29)28-12-17-13-33-11-10-26(17,15-28)24(30)31)27-25(32)34-14-22-20-8-4-2-6-18(20)19-7-3-5-9-21(19)22/h2-9,16-17,22H,10-15H2,1H3,(H,27,32)(H,30,31)/t16?,17-,26+/m1/s1. The lowest BCUT2D eigenvalue weighted by Gasteiger charge is -2.33. The summed E-state index contributed by atoms with van der Waals surface area (Å²) in [6.45, 7) is 2.89. The molecule has 3 aliphatic rings. The molecule has 3 atom stereocenters. The van der Waals surface area contributed by atoms with Crippen molar-refractivity contribution in [3.63, 3.8) is 0 Å². The highest BCUT2D eigenvalue weighted by Crippen LogP contribution is 2.45. The Morgan fingerprint density at radius 3 is 2.41 bits per heavy atom. The number of fused-ring (bicyclic) bond motifs is 4. The fraction of sp³-hybridized carbons (Fsp3) is 0.423. The van der Waals surface area contributed by atoms with Gasteiger partial charge in [0.1, 0.15) is 12.6 Å². The molecule has 2 amide bonds. The molecule has 8 heteroatoms. The Hall–Kier alpha value is -3.39. The zero-order valence-corrected chi connectivity index (χ0v) is 19.0. The van der Waals surface area contributed by atoms with E-state index in [4.69, 9.17) is 9.47 Å². The summed E-state index contributed by atoms with van der Waals surface area (Å²) in [6.07, 6.45) is -0.291. The van der Waals surface area contributed by atoms with Crippen LogP contribution in [0.15, 0.2) is 48.5 Å². The van der Waals surface area contributed by atoms with E-state index in [1.807, 2.05) is 36.4 Å². The Morgan fingerprint density at radius 1 is 1.15 bits per heavy atom. The smallest absolute Gasteiger partial charge is 0.407 e. The first-order valence-electron chi connectivity index (χ1n) is 11.6.